The zero-order valence-corrected chi connectivity index (χ0v) is 18.9. The molecule has 3 N–H and O–H groups in total. The first-order valence-electron chi connectivity index (χ1n) is 10.4. The number of nitrogens with two attached hydrogens (primary N) is 1. The van der Waals surface area contributed by atoms with Gasteiger partial charge in [0.05, 0.1) is 21.1 Å². The Labute approximate surface area is 199 Å². The predicted octanol–water partition coefficient (Wildman–Crippen LogP) is 4.83. The fraction of sp³-hybridized carbons (Fsp3) is 0.217. The van der Waals surface area contributed by atoms with Crippen molar-refractivity contribution in [2.75, 3.05) is 18.0 Å². The number of nitrogens with one attached hydrogen (secondary N) is 1. The van der Waals surface area contributed by atoms with Crippen molar-refractivity contribution in [3.8, 4) is 23.1 Å². The van der Waals surface area contributed by atoms with Crippen LogP contribution in [0.3, 0.4) is 0 Å². The first kappa shape index (κ1) is 21.5. The molecular weight excluding hydrogens is 461 g/mol. The molecule has 1 aromatic carbocycles. The van der Waals surface area contributed by atoms with E-state index < -0.39 is 6.23 Å². The van der Waals surface area contributed by atoms with Crippen LogP contribution in [0.1, 0.15) is 30.2 Å². The molecular formula is C23H19Cl2N7O. The molecule has 0 unspecified atom stereocenters. The average molecular weight is 480 g/mol. The van der Waals surface area contributed by atoms with Crippen LogP contribution in [0.15, 0.2) is 42.9 Å². The fourth-order valence-electron chi connectivity index (χ4n) is 4.04. The summed E-state index contributed by atoms with van der Waals surface area (Å²) in [6.45, 7) is 1.83. The molecule has 1 aliphatic rings. The monoisotopic (exact) mass is 479 g/mol. The van der Waals surface area contributed by atoms with Gasteiger partial charge in [-0.15, -0.1) is 0 Å². The van der Waals surface area contributed by atoms with Crippen molar-refractivity contribution < 1.29 is 4.74 Å². The van der Waals surface area contributed by atoms with Gasteiger partial charge in [-0.05, 0) is 37.1 Å². The van der Waals surface area contributed by atoms with Crippen LogP contribution in [-0.4, -0.2) is 33.3 Å². The number of H-pyrrole nitrogens is 1. The maximum Gasteiger partial charge on any atom is 0.177 e. The van der Waals surface area contributed by atoms with Gasteiger partial charge >= 0.3 is 0 Å². The quantitative estimate of drug-likeness (QED) is 0.393. The van der Waals surface area contributed by atoms with Gasteiger partial charge < -0.3 is 9.64 Å². The van der Waals surface area contributed by atoms with E-state index in [1.165, 1.54) is 12.4 Å². The number of nitrogens with zero attached hydrogens (tertiary/aromatic N) is 5. The van der Waals surface area contributed by atoms with Crippen LogP contribution < -0.4 is 15.4 Å². The number of benzene rings is 1. The molecule has 0 saturated carbocycles. The van der Waals surface area contributed by atoms with E-state index in [1.54, 1.807) is 12.3 Å². The summed E-state index contributed by atoms with van der Waals surface area (Å²) in [5, 5.41) is 18.6. The smallest absolute Gasteiger partial charge is 0.177 e. The third kappa shape index (κ3) is 4.07. The lowest BCUT2D eigenvalue weighted by molar-refractivity contribution is 0.214. The Morgan fingerprint density at radius 2 is 1.88 bits per heavy atom. The molecule has 1 fully saturated rings. The molecule has 0 radical (unpaired) electrons. The normalized spacial score (nSPS) is 14.4. The summed E-state index contributed by atoms with van der Waals surface area (Å²) in [6, 6.07) is 9.56. The summed E-state index contributed by atoms with van der Waals surface area (Å²) in [4.78, 5) is 10.7. The van der Waals surface area contributed by atoms with Crippen LogP contribution in [0, 0.1) is 11.3 Å². The number of ether oxygens (including phenoxy) is 1. The third-order valence-corrected chi connectivity index (χ3v) is 6.24. The third-order valence-electron chi connectivity index (χ3n) is 5.64. The van der Waals surface area contributed by atoms with E-state index in [4.69, 9.17) is 33.7 Å². The summed E-state index contributed by atoms with van der Waals surface area (Å²) in [5.41, 5.74) is 9.43. The minimum atomic E-state index is -0.882. The van der Waals surface area contributed by atoms with Crippen molar-refractivity contribution in [3.63, 3.8) is 0 Å². The van der Waals surface area contributed by atoms with Gasteiger partial charge in [0.25, 0.3) is 0 Å². The van der Waals surface area contributed by atoms with Crippen molar-refractivity contribution in [1.29, 1.82) is 5.26 Å². The SMILES string of the molecule is N#Cc1cc(-c2n[nH]c3ccc(O[C@H](N)c4c(Cl)cncc4Cl)cc23)cnc1N1CCCC1. The van der Waals surface area contributed by atoms with E-state index in [2.05, 4.69) is 31.1 Å². The Bertz CT molecular complexity index is 1350. The molecule has 33 heavy (non-hydrogen) atoms. The summed E-state index contributed by atoms with van der Waals surface area (Å²) < 4.78 is 5.93. The lowest BCUT2D eigenvalue weighted by Crippen LogP contribution is -2.20. The van der Waals surface area contributed by atoms with Crippen molar-refractivity contribution >= 4 is 39.9 Å². The maximum absolute atomic E-state index is 9.71. The van der Waals surface area contributed by atoms with Crippen molar-refractivity contribution in [1.82, 2.24) is 20.2 Å². The second kappa shape index (κ2) is 8.87. The number of fused-ring (bicyclic) bond motifs is 1. The molecule has 1 saturated heterocycles. The van der Waals surface area contributed by atoms with Crippen LogP contribution in [-0.2, 0) is 0 Å². The lowest BCUT2D eigenvalue weighted by atomic mass is 10.1. The zero-order valence-electron chi connectivity index (χ0n) is 17.4. The van der Waals surface area contributed by atoms with E-state index in [1.807, 2.05) is 18.2 Å². The first-order chi connectivity index (χ1) is 16.0. The topological polar surface area (TPSA) is 117 Å². The molecule has 1 atom stereocenters. The highest BCUT2D eigenvalue weighted by molar-refractivity contribution is 6.35. The molecule has 10 heteroatoms. The first-order valence-corrected chi connectivity index (χ1v) is 11.2. The van der Waals surface area contributed by atoms with Gasteiger partial charge in [-0.1, -0.05) is 23.2 Å². The van der Waals surface area contributed by atoms with Crippen molar-refractivity contribution in [2.45, 2.75) is 19.1 Å². The summed E-state index contributed by atoms with van der Waals surface area (Å²) in [5.74, 6) is 1.24. The van der Waals surface area contributed by atoms with Gasteiger partial charge in [-0.3, -0.25) is 15.8 Å². The molecule has 4 heterocycles. The molecule has 4 aromatic rings. The second-order valence-electron chi connectivity index (χ2n) is 7.74. The van der Waals surface area contributed by atoms with Crippen molar-refractivity contribution in [2.24, 2.45) is 5.73 Å². The van der Waals surface area contributed by atoms with Crippen LogP contribution in [0.2, 0.25) is 10.0 Å². The second-order valence-corrected chi connectivity index (χ2v) is 8.55. The summed E-state index contributed by atoms with van der Waals surface area (Å²) >= 11 is 12.4. The lowest BCUT2D eigenvalue weighted by Gasteiger charge is -2.18. The van der Waals surface area contributed by atoms with E-state index in [9.17, 15) is 5.26 Å². The molecule has 5 rings (SSSR count). The summed E-state index contributed by atoms with van der Waals surface area (Å²) in [6.07, 6.45) is 6.02. The number of anilines is 1. The fourth-order valence-corrected chi connectivity index (χ4v) is 4.62. The van der Waals surface area contributed by atoms with Crippen LogP contribution in [0.5, 0.6) is 5.75 Å². The molecule has 0 amide bonds. The van der Waals surface area contributed by atoms with Crippen LogP contribution >= 0.6 is 23.2 Å². The molecule has 0 aliphatic carbocycles. The van der Waals surface area contributed by atoms with Gasteiger partial charge in [0.15, 0.2) is 6.23 Å². The number of rotatable bonds is 5. The van der Waals surface area contributed by atoms with Crippen LogP contribution in [0.25, 0.3) is 22.2 Å². The van der Waals surface area contributed by atoms with E-state index >= 15 is 0 Å². The number of aromatic nitrogens is 4. The molecule has 1 aliphatic heterocycles. The molecule has 3 aromatic heterocycles. The predicted molar refractivity (Wildman–Crippen MR) is 127 cm³/mol. The number of pyridine rings is 2. The number of hydrogen-bond donors (Lipinski definition) is 2. The molecule has 166 valence electrons. The van der Waals surface area contributed by atoms with Gasteiger partial charge in [-0.25, -0.2) is 4.98 Å². The minimum absolute atomic E-state index is 0.327. The van der Waals surface area contributed by atoms with Gasteiger partial charge in [0, 0.05) is 48.2 Å². The van der Waals surface area contributed by atoms with E-state index in [-0.39, 0.29) is 0 Å². The number of halogens is 2. The van der Waals surface area contributed by atoms with E-state index in [0.29, 0.717) is 32.6 Å². The van der Waals surface area contributed by atoms with Gasteiger partial charge in [0.2, 0.25) is 0 Å². The largest absolute Gasteiger partial charge is 0.471 e. The standard InChI is InChI=1S/C23H19Cl2N7O/c24-17-11-28-12-18(25)20(17)22(27)33-15-3-4-19-16(8-15)21(31-30-19)14-7-13(9-26)23(29-10-14)32-5-1-2-6-32/h3-4,7-8,10-12,22H,1-2,5-6,27H2,(H,30,31)/t22-/m0/s1. The highest BCUT2D eigenvalue weighted by Crippen LogP contribution is 2.34. The molecule has 0 bridgehead atoms. The Hall–Kier alpha value is -3.38. The van der Waals surface area contributed by atoms with E-state index in [0.717, 1.165) is 48.2 Å². The number of nitriles is 1. The van der Waals surface area contributed by atoms with Crippen molar-refractivity contribution in [3.05, 3.63) is 64.0 Å². The van der Waals surface area contributed by atoms with Gasteiger partial charge in [-0.2, -0.15) is 10.4 Å². The molecule has 0 spiro atoms. The zero-order chi connectivity index (χ0) is 22.9. The summed E-state index contributed by atoms with van der Waals surface area (Å²) in [7, 11) is 0. The maximum atomic E-state index is 9.71. The molecule has 8 nitrogen and oxygen atoms in total. The minimum Gasteiger partial charge on any atom is -0.471 e. The Morgan fingerprint density at radius 1 is 1.12 bits per heavy atom. The number of aromatic amines is 1. The highest BCUT2D eigenvalue weighted by atomic mass is 35.5. The Morgan fingerprint density at radius 3 is 2.61 bits per heavy atom. The Balaban J connectivity index is 1.48. The Kier molecular flexibility index (Phi) is 5.77. The average Bonchev–Trinajstić information content (AvgIpc) is 3.48. The van der Waals surface area contributed by atoms with Gasteiger partial charge in [0.1, 0.15) is 23.3 Å². The van der Waals surface area contributed by atoms with Crippen LogP contribution in [0.4, 0.5) is 5.82 Å². The highest BCUT2D eigenvalue weighted by Gasteiger charge is 2.20. The number of hydrogen-bond acceptors (Lipinski definition) is 7.